The molecular formula is C8H16ClN. The summed E-state index contributed by atoms with van der Waals surface area (Å²) in [4.78, 5) is 2.49. The van der Waals surface area contributed by atoms with E-state index in [1.54, 1.807) is 0 Å². The molecule has 1 heterocycles. The maximum Gasteiger partial charge on any atom is 0.0351 e. The maximum atomic E-state index is 5.67. The van der Waals surface area contributed by atoms with Gasteiger partial charge in [0.05, 0.1) is 0 Å². The summed E-state index contributed by atoms with van der Waals surface area (Å²) in [5.41, 5.74) is 0. The third-order valence-electron chi connectivity index (χ3n) is 2.48. The smallest absolute Gasteiger partial charge is 0.0351 e. The van der Waals surface area contributed by atoms with Crippen LogP contribution in [0.3, 0.4) is 0 Å². The fourth-order valence-electron chi connectivity index (χ4n) is 1.79. The van der Waals surface area contributed by atoms with Gasteiger partial charge in [-0.05, 0) is 26.7 Å². The van der Waals surface area contributed by atoms with Gasteiger partial charge < -0.3 is 0 Å². The van der Waals surface area contributed by atoms with Gasteiger partial charge in [0.15, 0.2) is 0 Å². The van der Waals surface area contributed by atoms with E-state index < -0.39 is 0 Å². The fourth-order valence-corrected chi connectivity index (χ4v) is 1.98. The lowest BCUT2D eigenvalue weighted by atomic mass is 10.2. The highest BCUT2D eigenvalue weighted by molar-refractivity contribution is 6.18. The van der Waals surface area contributed by atoms with Crippen molar-refractivity contribution in [3.05, 3.63) is 0 Å². The molecule has 0 spiro atoms. The topological polar surface area (TPSA) is 3.24 Å². The van der Waals surface area contributed by atoms with Crippen LogP contribution in [-0.4, -0.2) is 29.4 Å². The van der Waals surface area contributed by atoms with Crippen molar-refractivity contribution in [1.82, 2.24) is 4.90 Å². The Bertz CT molecular complexity index is 95.4. The van der Waals surface area contributed by atoms with Gasteiger partial charge in [-0.3, -0.25) is 4.90 Å². The minimum atomic E-state index is 0.758. The quantitative estimate of drug-likeness (QED) is 0.561. The Morgan fingerprint density at radius 1 is 1.30 bits per heavy atom. The standard InChI is InChI=1S/C8H16ClN/c1-7-3-4-8(2)10(7)6-5-9/h7-8H,3-6H2,1-2H3/t7-,8-/m1/s1. The molecule has 1 saturated heterocycles. The van der Waals surface area contributed by atoms with Gasteiger partial charge in [0.2, 0.25) is 0 Å². The third kappa shape index (κ3) is 1.64. The summed E-state index contributed by atoms with van der Waals surface area (Å²) in [7, 11) is 0. The van der Waals surface area contributed by atoms with Crippen LogP contribution in [0.25, 0.3) is 0 Å². The van der Waals surface area contributed by atoms with Crippen LogP contribution < -0.4 is 0 Å². The molecule has 0 aromatic heterocycles. The monoisotopic (exact) mass is 161 g/mol. The summed E-state index contributed by atoms with van der Waals surface area (Å²) in [6, 6.07) is 1.52. The number of hydrogen-bond acceptors (Lipinski definition) is 1. The first kappa shape index (κ1) is 8.35. The van der Waals surface area contributed by atoms with E-state index >= 15 is 0 Å². The second-order valence-electron chi connectivity index (χ2n) is 3.20. The van der Waals surface area contributed by atoms with Gasteiger partial charge in [0, 0.05) is 24.5 Å². The summed E-state index contributed by atoms with van der Waals surface area (Å²) in [6.45, 7) is 5.63. The molecule has 0 radical (unpaired) electrons. The van der Waals surface area contributed by atoms with Crippen LogP contribution in [-0.2, 0) is 0 Å². The summed E-state index contributed by atoms with van der Waals surface area (Å²) < 4.78 is 0. The molecule has 2 heteroatoms. The lowest BCUT2D eigenvalue weighted by molar-refractivity contribution is 0.228. The van der Waals surface area contributed by atoms with Crippen molar-refractivity contribution in [2.24, 2.45) is 0 Å². The minimum Gasteiger partial charge on any atom is -0.297 e. The van der Waals surface area contributed by atoms with E-state index in [-0.39, 0.29) is 0 Å². The molecule has 0 aromatic rings. The van der Waals surface area contributed by atoms with Crippen LogP contribution in [0.2, 0.25) is 0 Å². The van der Waals surface area contributed by atoms with E-state index in [4.69, 9.17) is 11.6 Å². The highest BCUT2D eigenvalue weighted by atomic mass is 35.5. The van der Waals surface area contributed by atoms with E-state index in [2.05, 4.69) is 18.7 Å². The second-order valence-corrected chi connectivity index (χ2v) is 3.58. The maximum absolute atomic E-state index is 5.67. The Morgan fingerprint density at radius 2 is 1.80 bits per heavy atom. The van der Waals surface area contributed by atoms with Crippen molar-refractivity contribution in [2.45, 2.75) is 38.8 Å². The van der Waals surface area contributed by atoms with Crippen molar-refractivity contribution in [3.63, 3.8) is 0 Å². The van der Waals surface area contributed by atoms with Crippen molar-refractivity contribution < 1.29 is 0 Å². The number of likely N-dealkylation sites (tertiary alicyclic amines) is 1. The summed E-state index contributed by atoms with van der Waals surface area (Å²) in [6.07, 6.45) is 2.69. The Labute approximate surface area is 68.4 Å². The molecule has 1 aliphatic heterocycles. The molecule has 0 bridgehead atoms. The highest BCUT2D eigenvalue weighted by Gasteiger charge is 2.25. The molecule has 0 saturated carbocycles. The molecular weight excluding hydrogens is 146 g/mol. The van der Waals surface area contributed by atoms with E-state index in [0.717, 1.165) is 24.5 Å². The summed E-state index contributed by atoms with van der Waals surface area (Å²) >= 11 is 5.67. The Balaban J connectivity index is 2.38. The average Bonchev–Trinajstić information content (AvgIpc) is 2.20. The largest absolute Gasteiger partial charge is 0.297 e. The molecule has 0 amide bonds. The molecule has 1 fully saturated rings. The van der Waals surface area contributed by atoms with E-state index in [1.165, 1.54) is 12.8 Å². The molecule has 2 atom stereocenters. The first-order valence-corrected chi connectivity index (χ1v) is 4.61. The zero-order valence-electron chi connectivity index (χ0n) is 6.81. The predicted octanol–water partition coefficient (Wildman–Crippen LogP) is 2.10. The van der Waals surface area contributed by atoms with Gasteiger partial charge in [-0.1, -0.05) is 0 Å². The van der Waals surface area contributed by atoms with Crippen LogP contribution in [0.15, 0.2) is 0 Å². The Kier molecular flexibility index (Phi) is 2.99. The number of alkyl halides is 1. The molecule has 10 heavy (non-hydrogen) atoms. The molecule has 0 aromatic carbocycles. The molecule has 1 rings (SSSR count). The molecule has 0 aliphatic carbocycles. The van der Waals surface area contributed by atoms with E-state index in [0.29, 0.717) is 0 Å². The Morgan fingerprint density at radius 3 is 2.20 bits per heavy atom. The molecule has 0 N–H and O–H groups in total. The SMILES string of the molecule is C[C@@H]1CC[C@@H](C)N1CCCl. The second kappa shape index (κ2) is 3.59. The lowest BCUT2D eigenvalue weighted by Crippen LogP contribution is -2.34. The highest BCUT2D eigenvalue weighted by Crippen LogP contribution is 2.22. The van der Waals surface area contributed by atoms with Gasteiger partial charge in [-0.2, -0.15) is 0 Å². The van der Waals surface area contributed by atoms with Gasteiger partial charge in [0.1, 0.15) is 0 Å². The molecule has 1 aliphatic rings. The van der Waals surface area contributed by atoms with E-state index in [9.17, 15) is 0 Å². The third-order valence-corrected chi connectivity index (χ3v) is 2.65. The van der Waals surface area contributed by atoms with Crippen LogP contribution in [0.4, 0.5) is 0 Å². The normalized spacial score (nSPS) is 35.1. The van der Waals surface area contributed by atoms with Gasteiger partial charge in [-0.15, -0.1) is 11.6 Å². The van der Waals surface area contributed by atoms with Crippen LogP contribution in [0.1, 0.15) is 26.7 Å². The lowest BCUT2D eigenvalue weighted by Gasteiger charge is -2.24. The molecule has 1 nitrogen and oxygen atoms in total. The number of rotatable bonds is 2. The van der Waals surface area contributed by atoms with Gasteiger partial charge in [0.25, 0.3) is 0 Å². The number of hydrogen-bond donors (Lipinski definition) is 0. The predicted molar refractivity (Wildman–Crippen MR) is 45.6 cm³/mol. The first-order valence-electron chi connectivity index (χ1n) is 4.07. The van der Waals surface area contributed by atoms with E-state index in [1.807, 2.05) is 0 Å². The number of halogens is 1. The molecule has 0 unspecified atom stereocenters. The zero-order chi connectivity index (χ0) is 7.56. The molecule has 60 valence electrons. The first-order chi connectivity index (χ1) is 4.75. The van der Waals surface area contributed by atoms with Crippen LogP contribution >= 0.6 is 11.6 Å². The average molecular weight is 162 g/mol. The van der Waals surface area contributed by atoms with Crippen molar-refractivity contribution in [2.75, 3.05) is 12.4 Å². The van der Waals surface area contributed by atoms with Crippen LogP contribution in [0, 0.1) is 0 Å². The van der Waals surface area contributed by atoms with Crippen molar-refractivity contribution >= 4 is 11.6 Å². The van der Waals surface area contributed by atoms with Gasteiger partial charge in [-0.25, -0.2) is 0 Å². The van der Waals surface area contributed by atoms with Crippen molar-refractivity contribution in [1.29, 1.82) is 0 Å². The summed E-state index contributed by atoms with van der Waals surface area (Å²) in [5.74, 6) is 0.773. The zero-order valence-corrected chi connectivity index (χ0v) is 7.56. The number of nitrogens with zero attached hydrogens (tertiary/aromatic N) is 1. The Hall–Kier alpha value is 0.250. The summed E-state index contributed by atoms with van der Waals surface area (Å²) in [5, 5.41) is 0. The van der Waals surface area contributed by atoms with Crippen LogP contribution in [0.5, 0.6) is 0 Å². The minimum absolute atomic E-state index is 0.758. The van der Waals surface area contributed by atoms with Crippen molar-refractivity contribution in [3.8, 4) is 0 Å². The fraction of sp³-hybridized carbons (Fsp3) is 1.00. The van der Waals surface area contributed by atoms with Gasteiger partial charge >= 0.3 is 0 Å².